The molecule has 0 aliphatic carbocycles. The van der Waals surface area contributed by atoms with Crippen LogP contribution in [0.2, 0.25) is 0 Å². The lowest BCUT2D eigenvalue weighted by molar-refractivity contribution is -0.254. The average Bonchev–Trinajstić information content (AvgIpc) is 2.15. The number of esters is 1. The average molecular weight is 274 g/mol. The molecule has 0 atom stereocenters. The highest BCUT2D eigenvalue weighted by atomic mass is 32.2. The predicted molar refractivity (Wildman–Crippen MR) is 57.2 cm³/mol. The Morgan fingerprint density at radius 2 is 2.06 bits per heavy atom. The molecule has 0 aromatic heterocycles. The predicted octanol–water partition coefficient (Wildman–Crippen LogP) is -0.225. The SMILES string of the molecule is CSOOCOCC(=O)OCCS(C)(=O)=O. The Morgan fingerprint density at radius 3 is 2.62 bits per heavy atom. The van der Waals surface area contributed by atoms with Gasteiger partial charge in [0.05, 0.1) is 5.75 Å². The summed E-state index contributed by atoms with van der Waals surface area (Å²) in [5.41, 5.74) is 0. The monoisotopic (exact) mass is 274 g/mol. The Hall–Kier alpha value is -0.350. The zero-order valence-corrected chi connectivity index (χ0v) is 10.6. The topological polar surface area (TPSA) is 88.1 Å². The summed E-state index contributed by atoms with van der Waals surface area (Å²) in [6.07, 6.45) is 2.71. The van der Waals surface area contributed by atoms with Crippen molar-refractivity contribution in [2.45, 2.75) is 0 Å². The molecule has 0 aromatic carbocycles. The van der Waals surface area contributed by atoms with Crippen molar-refractivity contribution in [3.05, 3.63) is 0 Å². The number of sulfone groups is 1. The second-order valence-electron chi connectivity index (χ2n) is 2.67. The highest BCUT2D eigenvalue weighted by Crippen LogP contribution is 1.95. The first-order valence-electron chi connectivity index (χ1n) is 4.19. The first-order chi connectivity index (χ1) is 7.45. The van der Waals surface area contributed by atoms with E-state index < -0.39 is 15.8 Å². The quantitative estimate of drug-likeness (QED) is 0.142. The molecule has 0 N–H and O–H groups in total. The first kappa shape index (κ1) is 15.7. The molecule has 9 heteroatoms. The number of carbonyl (C=O) groups excluding carboxylic acids is 1. The molecule has 0 bridgehead atoms. The molecule has 0 saturated carbocycles. The van der Waals surface area contributed by atoms with Crippen LogP contribution in [0.25, 0.3) is 0 Å². The van der Waals surface area contributed by atoms with Gasteiger partial charge in [-0.2, -0.15) is 9.22 Å². The van der Waals surface area contributed by atoms with Crippen LogP contribution in [0, 0.1) is 0 Å². The molecule has 0 unspecified atom stereocenters. The lowest BCUT2D eigenvalue weighted by Gasteiger charge is -2.04. The van der Waals surface area contributed by atoms with Crippen molar-refractivity contribution in [1.82, 2.24) is 0 Å². The zero-order chi connectivity index (χ0) is 12.4. The van der Waals surface area contributed by atoms with E-state index in [2.05, 4.69) is 14.0 Å². The summed E-state index contributed by atoms with van der Waals surface area (Å²) in [7, 11) is -3.12. The van der Waals surface area contributed by atoms with Gasteiger partial charge in [-0.15, -0.1) is 0 Å². The maximum Gasteiger partial charge on any atom is 0.332 e. The van der Waals surface area contributed by atoms with Gasteiger partial charge in [-0.25, -0.2) is 13.2 Å². The van der Waals surface area contributed by atoms with E-state index in [-0.39, 0.29) is 25.8 Å². The Bertz CT molecular complexity index is 287. The van der Waals surface area contributed by atoms with E-state index in [1.54, 1.807) is 6.26 Å². The number of ether oxygens (including phenoxy) is 2. The first-order valence-corrected chi connectivity index (χ1v) is 7.40. The van der Waals surface area contributed by atoms with Gasteiger partial charge in [-0.3, -0.25) is 0 Å². The van der Waals surface area contributed by atoms with Gasteiger partial charge in [0.2, 0.25) is 0 Å². The van der Waals surface area contributed by atoms with Crippen molar-refractivity contribution in [2.75, 3.05) is 38.3 Å². The van der Waals surface area contributed by atoms with Crippen molar-refractivity contribution in [2.24, 2.45) is 0 Å². The van der Waals surface area contributed by atoms with Gasteiger partial charge < -0.3 is 9.47 Å². The Labute approximate surface area is 98.4 Å². The fourth-order valence-corrected chi connectivity index (χ4v) is 1.10. The third-order valence-electron chi connectivity index (χ3n) is 1.18. The molecule has 0 fully saturated rings. The number of rotatable bonds is 9. The van der Waals surface area contributed by atoms with Gasteiger partial charge in [0, 0.05) is 24.6 Å². The molecule has 0 amide bonds. The van der Waals surface area contributed by atoms with Crippen LogP contribution < -0.4 is 0 Å². The van der Waals surface area contributed by atoms with Crippen molar-refractivity contribution in [3.8, 4) is 0 Å². The lowest BCUT2D eigenvalue weighted by atomic mass is 10.7. The van der Waals surface area contributed by atoms with E-state index in [4.69, 9.17) is 4.74 Å². The Morgan fingerprint density at radius 1 is 1.38 bits per heavy atom. The van der Waals surface area contributed by atoms with Gasteiger partial charge in [0.25, 0.3) is 0 Å². The summed E-state index contributed by atoms with van der Waals surface area (Å²) in [6.45, 7) is -0.702. The lowest BCUT2D eigenvalue weighted by Crippen LogP contribution is -2.18. The third-order valence-corrected chi connectivity index (χ3v) is 2.33. The summed E-state index contributed by atoms with van der Waals surface area (Å²) in [4.78, 5) is 15.3. The highest BCUT2D eigenvalue weighted by molar-refractivity contribution is 7.93. The van der Waals surface area contributed by atoms with Crippen LogP contribution in [0.15, 0.2) is 0 Å². The molecular weight excluding hydrogens is 260 g/mol. The molecule has 0 rings (SSSR count). The van der Waals surface area contributed by atoms with Gasteiger partial charge in [-0.05, 0) is 0 Å². The van der Waals surface area contributed by atoms with Crippen LogP contribution in [0.4, 0.5) is 0 Å². The maximum atomic E-state index is 10.9. The van der Waals surface area contributed by atoms with E-state index in [1.165, 1.54) is 0 Å². The van der Waals surface area contributed by atoms with Gasteiger partial charge >= 0.3 is 5.97 Å². The molecule has 0 aliphatic rings. The van der Waals surface area contributed by atoms with Crippen LogP contribution in [0.3, 0.4) is 0 Å². The normalized spacial score (nSPS) is 11.4. The van der Waals surface area contributed by atoms with Crippen molar-refractivity contribution >= 4 is 27.8 Å². The largest absolute Gasteiger partial charge is 0.463 e. The summed E-state index contributed by atoms with van der Waals surface area (Å²) < 4.78 is 35.0. The maximum absolute atomic E-state index is 10.9. The second kappa shape index (κ2) is 8.76. The van der Waals surface area contributed by atoms with E-state index in [1.807, 2.05) is 0 Å². The van der Waals surface area contributed by atoms with Crippen molar-refractivity contribution in [3.63, 3.8) is 0 Å². The molecular formula is C7H14O7S2. The van der Waals surface area contributed by atoms with E-state index in [0.717, 1.165) is 18.3 Å². The van der Waals surface area contributed by atoms with Crippen molar-refractivity contribution in [1.29, 1.82) is 0 Å². The summed E-state index contributed by atoms with van der Waals surface area (Å²) >= 11 is 0.992. The highest BCUT2D eigenvalue weighted by Gasteiger charge is 2.06. The summed E-state index contributed by atoms with van der Waals surface area (Å²) in [5.74, 6) is -0.860. The van der Waals surface area contributed by atoms with Crippen LogP contribution in [-0.2, 0) is 33.3 Å². The molecule has 0 radical (unpaired) electrons. The Kier molecular flexibility index (Phi) is 8.57. The fourth-order valence-electron chi connectivity index (χ4n) is 0.575. The molecule has 16 heavy (non-hydrogen) atoms. The summed E-state index contributed by atoms with van der Waals surface area (Å²) in [6, 6.07) is 0. The van der Waals surface area contributed by atoms with E-state index in [9.17, 15) is 13.2 Å². The van der Waals surface area contributed by atoms with Crippen LogP contribution >= 0.6 is 12.0 Å². The molecule has 0 aliphatic heterocycles. The number of carbonyl (C=O) groups is 1. The fraction of sp³-hybridized carbons (Fsp3) is 0.857. The molecule has 0 saturated heterocycles. The molecule has 7 nitrogen and oxygen atoms in total. The summed E-state index contributed by atoms with van der Waals surface area (Å²) in [5, 5.41) is 0. The minimum atomic E-state index is -3.12. The molecule has 96 valence electrons. The van der Waals surface area contributed by atoms with Gasteiger partial charge in [0.15, 0.2) is 16.6 Å². The number of hydrogen-bond donors (Lipinski definition) is 0. The Balaban J connectivity index is 3.38. The molecule has 0 heterocycles. The van der Waals surface area contributed by atoms with Gasteiger partial charge in [0.1, 0.15) is 13.2 Å². The number of hydrogen-bond acceptors (Lipinski definition) is 8. The standard InChI is InChI=1S/C7H14O7S2/c1-15-14-13-6-11-5-7(8)12-3-4-16(2,9)10/h3-6H2,1-2H3. The van der Waals surface area contributed by atoms with Crippen LogP contribution in [-0.4, -0.2) is 52.7 Å². The third kappa shape index (κ3) is 11.7. The van der Waals surface area contributed by atoms with E-state index in [0.29, 0.717) is 0 Å². The zero-order valence-electron chi connectivity index (χ0n) is 9.00. The second-order valence-corrected chi connectivity index (χ2v) is 5.40. The molecule has 0 aromatic rings. The molecule has 0 spiro atoms. The minimum Gasteiger partial charge on any atom is -0.463 e. The smallest absolute Gasteiger partial charge is 0.332 e. The van der Waals surface area contributed by atoms with Crippen LogP contribution in [0.5, 0.6) is 0 Å². The minimum absolute atomic E-state index is 0.177. The van der Waals surface area contributed by atoms with Crippen LogP contribution in [0.1, 0.15) is 0 Å². The van der Waals surface area contributed by atoms with Crippen molar-refractivity contribution < 1.29 is 31.9 Å². The van der Waals surface area contributed by atoms with E-state index >= 15 is 0 Å². The van der Waals surface area contributed by atoms with Gasteiger partial charge in [-0.1, -0.05) is 0 Å².